The van der Waals surface area contributed by atoms with E-state index in [0.29, 0.717) is 39.9 Å². The van der Waals surface area contributed by atoms with Gasteiger partial charge in [-0.2, -0.15) is 0 Å². The molecule has 4 rings (SSSR count). The minimum absolute atomic E-state index is 0.0601. The second kappa shape index (κ2) is 10.4. The Morgan fingerprint density at radius 3 is 2.31 bits per heavy atom. The molecule has 2 aliphatic heterocycles. The predicted molar refractivity (Wildman–Crippen MR) is 129 cm³/mol. The number of benzene rings is 2. The molecule has 1 amide bonds. The number of aliphatic hydroxyl groups is 1. The van der Waals surface area contributed by atoms with Gasteiger partial charge in [0.1, 0.15) is 5.76 Å². The number of Topliss-reactive ketones (excluding diaryl/α,β-unsaturated/α-hetero) is 1. The molecule has 0 aromatic heterocycles. The molecule has 10 heteroatoms. The van der Waals surface area contributed by atoms with E-state index in [4.69, 9.17) is 28.4 Å². The largest absolute Gasteiger partial charge is 0.507 e. The third-order valence-electron chi connectivity index (χ3n) is 5.97. The summed E-state index contributed by atoms with van der Waals surface area (Å²) < 4.78 is 32.8. The van der Waals surface area contributed by atoms with Crippen LogP contribution < -0.4 is 23.7 Å². The van der Waals surface area contributed by atoms with Crippen LogP contribution in [0.4, 0.5) is 0 Å². The van der Waals surface area contributed by atoms with Crippen LogP contribution in [0.3, 0.4) is 0 Å². The molecule has 1 N–H and O–H groups in total. The van der Waals surface area contributed by atoms with Crippen molar-refractivity contribution in [3.05, 3.63) is 47.0 Å². The van der Waals surface area contributed by atoms with Crippen molar-refractivity contribution in [1.82, 2.24) is 4.90 Å². The van der Waals surface area contributed by atoms with E-state index in [1.807, 2.05) is 13.8 Å². The Morgan fingerprint density at radius 1 is 1.03 bits per heavy atom. The molecule has 2 aromatic carbocycles. The first kappa shape index (κ1) is 25.2. The highest BCUT2D eigenvalue weighted by Crippen LogP contribution is 2.46. The molecule has 0 radical (unpaired) electrons. The second-order valence-corrected chi connectivity index (χ2v) is 8.44. The lowest BCUT2D eigenvalue weighted by atomic mass is 9.94. The molecule has 36 heavy (non-hydrogen) atoms. The lowest BCUT2D eigenvalue weighted by molar-refractivity contribution is -0.140. The molecule has 1 fully saturated rings. The third-order valence-corrected chi connectivity index (χ3v) is 5.97. The van der Waals surface area contributed by atoms with Crippen LogP contribution in [0.25, 0.3) is 5.76 Å². The maximum atomic E-state index is 13.3. The lowest BCUT2D eigenvalue weighted by Crippen LogP contribution is -2.33. The minimum atomic E-state index is -0.931. The van der Waals surface area contributed by atoms with Crippen molar-refractivity contribution in [3.63, 3.8) is 0 Å². The Labute approximate surface area is 208 Å². The number of aliphatic hydroxyl groups excluding tert-OH is 1. The summed E-state index contributed by atoms with van der Waals surface area (Å²) in [4.78, 5) is 27.8. The molecular formula is C26H29NO9. The summed E-state index contributed by atoms with van der Waals surface area (Å²) in [7, 11) is 4.43. The summed E-state index contributed by atoms with van der Waals surface area (Å²) in [6.45, 7) is 4.15. The van der Waals surface area contributed by atoms with Crippen LogP contribution in [0.2, 0.25) is 0 Å². The van der Waals surface area contributed by atoms with E-state index >= 15 is 0 Å². The topological polar surface area (TPSA) is 113 Å². The van der Waals surface area contributed by atoms with Gasteiger partial charge in [-0.15, -0.1) is 0 Å². The number of ketones is 1. The molecule has 192 valence electrons. The molecule has 0 bridgehead atoms. The molecule has 0 aliphatic carbocycles. The summed E-state index contributed by atoms with van der Waals surface area (Å²) in [5, 5.41) is 11.3. The summed E-state index contributed by atoms with van der Waals surface area (Å²) in [5.74, 6) is 0.119. The van der Waals surface area contributed by atoms with Crippen molar-refractivity contribution < 1.29 is 43.1 Å². The highest BCUT2D eigenvalue weighted by molar-refractivity contribution is 6.46. The molecule has 10 nitrogen and oxygen atoms in total. The maximum absolute atomic E-state index is 13.3. The number of methoxy groups -OCH3 is 3. The minimum Gasteiger partial charge on any atom is -0.507 e. The monoisotopic (exact) mass is 499 g/mol. The zero-order valence-corrected chi connectivity index (χ0v) is 20.8. The maximum Gasteiger partial charge on any atom is 0.295 e. The van der Waals surface area contributed by atoms with Gasteiger partial charge in [-0.3, -0.25) is 9.59 Å². The van der Waals surface area contributed by atoms with Crippen LogP contribution in [0.5, 0.6) is 28.7 Å². The Morgan fingerprint density at radius 2 is 1.69 bits per heavy atom. The van der Waals surface area contributed by atoms with E-state index in [0.717, 1.165) is 0 Å². The third kappa shape index (κ3) is 4.51. The van der Waals surface area contributed by atoms with Gasteiger partial charge in [-0.05, 0) is 49.7 Å². The normalized spacial score (nSPS) is 18.2. The highest BCUT2D eigenvalue weighted by atomic mass is 16.7. The lowest BCUT2D eigenvalue weighted by Gasteiger charge is -2.26. The average Bonchev–Trinajstić information content (AvgIpc) is 3.44. The molecule has 0 spiro atoms. The summed E-state index contributed by atoms with van der Waals surface area (Å²) in [6.07, 6.45) is -0.0601. The number of rotatable bonds is 9. The molecule has 2 heterocycles. The summed E-state index contributed by atoms with van der Waals surface area (Å²) >= 11 is 0. The fourth-order valence-electron chi connectivity index (χ4n) is 4.30. The van der Waals surface area contributed by atoms with Crippen molar-refractivity contribution in [2.24, 2.45) is 0 Å². The fraction of sp³-hybridized carbons (Fsp3) is 0.385. The van der Waals surface area contributed by atoms with Crippen LogP contribution >= 0.6 is 0 Å². The predicted octanol–water partition coefficient (Wildman–Crippen LogP) is 3.29. The first-order valence-corrected chi connectivity index (χ1v) is 11.4. The van der Waals surface area contributed by atoms with Gasteiger partial charge in [0.25, 0.3) is 11.7 Å². The smallest absolute Gasteiger partial charge is 0.295 e. The number of likely N-dealkylation sites (tertiary alicyclic amines) is 1. The van der Waals surface area contributed by atoms with Gasteiger partial charge in [0.15, 0.2) is 23.0 Å². The Hall–Kier alpha value is -3.92. The first-order valence-electron chi connectivity index (χ1n) is 11.4. The van der Waals surface area contributed by atoms with Crippen molar-refractivity contribution in [3.8, 4) is 28.7 Å². The summed E-state index contributed by atoms with van der Waals surface area (Å²) in [6, 6.07) is 7.18. The molecule has 2 aliphatic rings. The van der Waals surface area contributed by atoms with E-state index < -0.39 is 17.7 Å². The number of amides is 1. The van der Waals surface area contributed by atoms with Crippen molar-refractivity contribution in [1.29, 1.82) is 0 Å². The number of nitrogens with zero attached hydrogens (tertiary/aromatic N) is 1. The van der Waals surface area contributed by atoms with Crippen LogP contribution in [0, 0.1) is 0 Å². The number of ether oxygens (including phenoxy) is 6. The van der Waals surface area contributed by atoms with Gasteiger partial charge >= 0.3 is 0 Å². The van der Waals surface area contributed by atoms with Crippen molar-refractivity contribution >= 4 is 17.4 Å². The Bertz CT molecular complexity index is 1180. The van der Waals surface area contributed by atoms with E-state index in [9.17, 15) is 14.7 Å². The van der Waals surface area contributed by atoms with Gasteiger partial charge in [0.05, 0.1) is 45.7 Å². The van der Waals surface area contributed by atoms with Crippen LogP contribution in [-0.4, -0.2) is 69.1 Å². The second-order valence-electron chi connectivity index (χ2n) is 8.44. The number of hydrogen-bond acceptors (Lipinski definition) is 9. The van der Waals surface area contributed by atoms with E-state index in [1.165, 1.54) is 26.2 Å². The molecule has 0 saturated carbocycles. The summed E-state index contributed by atoms with van der Waals surface area (Å²) in [5.41, 5.74) is 0.737. The van der Waals surface area contributed by atoms with Crippen LogP contribution in [0.1, 0.15) is 31.0 Å². The first-order chi connectivity index (χ1) is 17.3. The van der Waals surface area contributed by atoms with Gasteiger partial charge < -0.3 is 38.4 Å². The number of carbonyl (C=O) groups is 2. The molecule has 1 saturated heterocycles. The van der Waals surface area contributed by atoms with E-state index in [1.54, 1.807) is 30.3 Å². The fourth-order valence-corrected chi connectivity index (χ4v) is 4.30. The zero-order valence-electron chi connectivity index (χ0n) is 20.8. The molecule has 1 unspecified atom stereocenters. The number of carbonyl (C=O) groups excluding carboxylic acids is 2. The average molecular weight is 500 g/mol. The molecule has 1 atom stereocenters. The molecular weight excluding hydrogens is 470 g/mol. The zero-order chi connectivity index (χ0) is 26.0. The van der Waals surface area contributed by atoms with Gasteiger partial charge in [-0.1, -0.05) is 0 Å². The van der Waals surface area contributed by atoms with Crippen LogP contribution in [0.15, 0.2) is 35.9 Å². The van der Waals surface area contributed by atoms with E-state index in [-0.39, 0.29) is 37.4 Å². The quantitative estimate of drug-likeness (QED) is 0.315. The number of hydrogen-bond donors (Lipinski definition) is 1. The van der Waals surface area contributed by atoms with E-state index in [2.05, 4.69) is 0 Å². The van der Waals surface area contributed by atoms with Gasteiger partial charge in [0.2, 0.25) is 12.5 Å². The van der Waals surface area contributed by atoms with Crippen molar-refractivity contribution in [2.45, 2.75) is 26.0 Å². The molecule has 2 aromatic rings. The van der Waals surface area contributed by atoms with Crippen LogP contribution in [-0.2, 0) is 14.3 Å². The van der Waals surface area contributed by atoms with Gasteiger partial charge in [0, 0.05) is 12.1 Å². The Kier molecular flexibility index (Phi) is 7.25. The Balaban J connectivity index is 1.87. The van der Waals surface area contributed by atoms with Gasteiger partial charge in [-0.25, -0.2) is 0 Å². The number of fused-ring (bicyclic) bond motifs is 1. The SMILES string of the molecule is COc1cc(C2/C(=C(\O)c3ccc4c(c3)OCO4)C(=O)C(=O)N2CCOC(C)C)cc(OC)c1OC. The standard InChI is InChI=1S/C26H29NO9/c1-14(2)34-9-8-27-22(16-11-19(31-3)25(33-5)20(12-16)32-4)21(24(29)26(27)30)23(28)15-6-7-17-18(10-15)36-13-35-17/h6-7,10-12,14,22,28H,8-9,13H2,1-5H3/b23-21+. The van der Waals surface area contributed by atoms with Crippen molar-refractivity contribution in [2.75, 3.05) is 41.3 Å². The highest BCUT2D eigenvalue weighted by Gasteiger charge is 2.46.